The Morgan fingerprint density at radius 1 is 1.03 bits per heavy atom. The van der Waals surface area contributed by atoms with Crippen LogP contribution < -0.4 is 5.32 Å². The predicted molar refractivity (Wildman–Crippen MR) is 131 cm³/mol. The van der Waals surface area contributed by atoms with Crippen LogP contribution in [0.1, 0.15) is 69.1 Å². The summed E-state index contributed by atoms with van der Waals surface area (Å²) in [5.74, 6) is -0.274. The number of esters is 1. The van der Waals surface area contributed by atoms with E-state index in [9.17, 15) is 9.59 Å². The van der Waals surface area contributed by atoms with Gasteiger partial charge in [0.1, 0.15) is 0 Å². The summed E-state index contributed by atoms with van der Waals surface area (Å²) in [6.07, 6.45) is 2.14. The van der Waals surface area contributed by atoms with E-state index in [4.69, 9.17) is 4.74 Å². The summed E-state index contributed by atoms with van der Waals surface area (Å²) in [6, 6.07) is 18.5. The van der Waals surface area contributed by atoms with Gasteiger partial charge in [-0.1, -0.05) is 75.4 Å². The smallest absolute Gasteiger partial charge is 0.336 e. The molecular formula is C29H33NO3. The first-order chi connectivity index (χ1) is 15.9. The van der Waals surface area contributed by atoms with Gasteiger partial charge in [-0.25, -0.2) is 4.79 Å². The number of carbonyl (C=O) groups is 2. The lowest BCUT2D eigenvalue weighted by Crippen LogP contribution is -2.36. The average Bonchev–Trinajstić information content (AvgIpc) is 2.82. The third kappa shape index (κ3) is 4.80. The highest BCUT2D eigenvalue weighted by Crippen LogP contribution is 2.45. The van der Waals surface area contributed by atoms with Gasteiger partial charge < -0.3 is 10.1 Å². The number of aryl methyl sites for hydroxylation is 1. The number of ketones is 1. The van der Waals surface area contributed by atoms with Crippen LogP contribution >= 0.6 is 0 Å². The molecule has 4 heteroatoms. The molecule has 4 rings (SSSR count). The Labute approximate surface area is 196 Å². The fourth-order valence-electron chi connectivity index (χ4n) is 4.87. The third-order valence-corrected chi connectivity index (χ3v) is 6.59. The van der Waals surface area contributed by atoms with Gasteiger partial charge in [-0.3, -0.25) is 4.79 Å². The van der Waals surface area contributed by atoms with Crippen molar-refractivity contribution in [3.63, 3.8) is 0 Å². The maximum atomic E-state index is 13.6. The zero-order valence-corrected chi connectivity index (χ0v) is 20.0. The minimum Gasteiger partial charge on any atom is -0.462 e. The standard InChI is InChI=1S/C29H33NO3/c1-5-20-11-13-22(14-12-20)27-26(29(32)33-17-18(2)3)19(4)30-24-15-23(16-25(31)28(24)27)21-9-7-6-8-10-21/h6-14,18,23,27,30H,5,15-17H2,1-4H3/t23-,27-/m1/s1. The van der Waals surface area contributed by atoms with E-state index in [1.165, 1.54) is 11.1 Å². The largest absolute Gasteiger partial charge is 0.462 e. The van der Waals surface area contributed by atoms with Crippen LogP contribution in [0, 0.1) is 5.92 Å². The summed E-state index contributed by atoms with van der Waals surface area (Å²) >= 11 is 0. The molecule has 1 aliphatic carbocycles. The summed E-state index contributed by atoms with van der Waals surface area (Å²) in [4.78, 5) is 26.8. The first-order valence-corrected chi connectivity index (χ1v) is 11.9. The van der Waals surface area contributed by atoms with Crippen LogP contribution in [0.25, 0.3) is 0 Å². The highest BCUT2D eigenvalue weighted by Gasteiger charge is 2.41. The number of dihydropyridines is 1. The van der Waals surface area contributed by atoms with Crippen LogP contribution in [0.2, 0.25) is 0 Å². The van der Waals surface area contributed by atoms with Crippen molar-refractivity contribution in [2.24, 2.45) is 5.92 Å². The van der Waals surface area contributed by atoms with Crippen molar-refractivity contribution in [2.75, 3.05) is 6.61 Å². The zero-order valence-electron chi connectivity index (χ0n) is 20.0. The lowest BCUT2D eigenvalue weighted by atomic mass is 9.71. The topological polar surface area (TPSA) is 55.4 Å². The molecule has 1 aliphatic heterocycles. The van der Waals surface area contributed by atoms with Crippen LogP contribution in [0.15, 0.2) is 77.1 Å². The van der Waals surface area contributed by atoms with E-state index in [0.29, 0.717) is 24.2 Å². The van der Waals surface area contributed by atoms with Gasteiger partial charge in [0.2, 0.25) is 0 Å². The predicted octanol–water partition coefficient (Wildman–Crippen LogP) is 5.81. The second-order valence-electron chi connectivity index (χ2n) is 9.52. The van der Waals surface area contributed by atoms with Crippen molar-refractivity contribution in [3.05, 3.63) is 93.8 Å². The van der Waals surface area contributed by atoms with Crippen molar-refractivity contribution in [1.29, 1.82) is 0 Å². The maximum absolute atomic E-state index is 13.6. The number of hydrogen-bond donors (Lipinski definition) is 1. The summed E-state index contributed by atoms with van der Waals surface area (Å²) in [5, 5.41) is 3.43. The Morgan fingerprint density at radius 3 is 2.36 bits per heavy atom. The molecule has 0 bridgehead atoms. The number of ether oxygens (including phenoxy) is 1. The molecule has 172 valence electrons. The minimum atomic E-state index is -0.406. The van der Waals surface area contributed by atoms with Gasteiger partial charge in [0, 0.05) is 29.3 Å². The molecule has 2 aromatic rings. The van der Waals surface area contributed by atoms with E-state index in [2.05, 4.69) is 48.6 Å². The Balaban J connectivity index is 1.76. The molecule has 0 aromatic heterocycles. The molecule has 0 amide bonds. The molecule has 0 spiro atoms. The fraction of sp³-hybridized carbons (Fsp3) is 0.379. The van der Waals surface area contributed by atoms with Crippen molar-refractivity contribution < 1.29 is 14.3 Å². The quantitative estimate of drug-likeness (QED) is 0.573. The highest BCUT2D eigenvalue weighted by molar-refractivity contribution is 6.04. The Bertz CT molecular complexity index is 1090. The number of benzene rings is 2. The van der Waals surface area contributed by atoms with Gasteiger partial charge in [-0.15, -0.1) is 0 Å². The zero-order chi connectivity index (χ0) is 23.5. The molecule has 0 radical (unpaired) electrons. The van der Waals surface area contributed by atoms with Crippen LogP contribution in [0.5, 0.6) is 0 Å². The average molecular weight is 444 g/mol. The molecule has 2 aromatic carbocycles. The van der Waals surface area contributed by atoms with Crippen molar-refractivity contribution >= 4 is 11.8 Å². The van der Waals surface area contributed by atoms with E-state index in [-0.39, 0.29) is 23.6 Å². The SMILES string of the molecule is CCc1ccc([C@@H]2C(C(=O)OCC(C)C)=C(C)NC3=C2C(=O)C[C@H](c2ccccc2)C3)cc1. The normalized spacial score (nSPS) is 20.6. The van der Waals surface area contributed by atoms with Gasteiger partial charge in [0.05, 0.1) is 12.2 Å². The van der Waals surface area contributed by atoms with Gasteiger partial charge in [-0.2, -0.15) is 0 Å². The highest BCUT2D eigenvalue weighted by atomic mass is 16.5. The Morgan fingerprint density at radius 2 is 1.73 bits per heavy atom. The number of hydrogen-bond acceptors (Lipinski definition) is 4. The second kappa shape index (κ2) is 9.78. The van der Waals surface area contributed by atoms with Gasteiger partial charge >= 0.3 is 5.97 Å². The lowest BCUT2D eigenvalue weighted by molar-refractivity contribution is -0.140. The first-order valence-electron chi connectivity index (χ1n) is 11.9. The van der Waals surface area contributed by atoms with Gasteiger partial charge in [-0.05, 0) is 48.3 Å². The van der Waals surface area contributed by atoms with Gasteiger partial charge in [0.15, 0.2) is 5.78 Å². The van der Waals surface area contributed by atoms with Crippen LogP contribution in [0.3, 0.4) is 0 Å². The molecule has 33 heavy (non-hydrogen) atoms. The van der Waals surface area contributed by atoms with E-state index in [1.54, 1.807) is 0 Å². The van der Waals surface area contributed by atoms with Crippen LogP contribution in [-0.2, 0) is 20.7 Å². The lowest BCUT2D eigenvalue weighted by Gasteiger charge is -2.36. The molecule has 4 nitrogen and oxygen atoms in total. The fourth-order valence-corrected chi connectivity index (χ4v) is 4.87. The number of allylic oxidation sites excluding steroid dienone is 3. The molecule has 2 atom stereocenters. The molecular weight excluding hydrogens is 410 g/mol. The summed E-state index contributed by atoms with van der Waals surface area (Å²) in [6.45, 7) is 8.42. The summed E-state index contributed by atoms with van der Waals surface area (Å²) < 4.78 is 5.64. The molecule has 0 fully saturated rings. The van der Waals surface area contributed by atoms with Crippen molar-refractivity contribution in [3.8, 4) is 0 Å². The molecule has 2 aliphatic rings. The number of Topliss-reactive ketones (excluding diaryl/α,β-unsaturated/α-hetero) is 1. The molecule has 1 N–H and O–H groups in total. The van der Waals surface area contributed by atoms with E-state index < -0.39 is 5.92 Å². The number of carbonyl (C=O) groups excluding carboxylic acids is 2. The molecule has 0 saturated heterocycles. The summed E-state index contributed by atoms with van der Waals surface area (Å²) in [7, 11) is 0. The molecule has 0 saturated carbocycles. The van der Waals surface area contributed by atoms with Crippen LogP contribution in [0.4, 0.5) is 0 Å². The summed E-state index contributed by atoms with van der Waals surface area (Å²) in [5.41, 5.74) is 6.33. The van der Waals surface area contributed by atoms with Crippen molar-refractivity contribution in [1.82, 2.24) is 5.32 Å². The third-order valence-electron chi connectivity index (χ3n) is 6.59. The maximum Gasteiger partial charge on any atom is 0.336 e. The number of nitrogens with one attached hydrogen (secondary N) is 1. The molecule has 0 unspecified atom stereocenters. The van der Waals surface area contributed by atoms with Crippen LogP contribution in [-0.4, -0.2) is 18.4 Å². The van der Waals surface area contributed by atoms with Gasteiger partial charge in [0.25, 0.3) is 0 Å². The minimum absolute atomic E-state index is 0.101. The second-order valence-corrected chi connectivity index (χ2v) is 9.52. The Hall–Kier alpha value is -3.14. The van der Waals surface area contributed by atoms with Crippen molar-refractivity contribution in [2.45, 2.75) is 58.8 Å². The Kier molecular flexibility index (Phi) is 6.83. The first kappa shape index (κ1) is 23.0. The molecule has 1 heterocycles. The van der Waals surface area contributed by atoms with E-state index in [1.807, 2.05) is 39.0 Å². The number of rotatable bonds is 6. The van der Waals surface area contributed by atoms with E-state index in [0.717, 1.165) is 29.8 Å². The van der Waals surface area contributed by atoms with E-state index >= 15 is 0 Å². The monoisotopic (exact) mass is 443 g/mol.